The zero-order chi connectivity index (χ0) is 20.4. The molecule has 29 heavy (non-hydrogen) atoms. The maximum Gasteiger partial charge on any atom is 0.258 e. The van der Waals surface area contributed by atoms with Crippen LogP contribution in [0.1, 0.15) is 53.8 Å². The number of aryl methyl sites for hydroxylation is 1. The highest BCUT2D eigenvalue weighted by Crippen LogP contribution is 2.31. The number of anilines is 1. The molecule has 0 saturated carbocycles. The number of amides is 1. The number of carbonyl (C=O) groups is 1. The number of likely N-dealkylation sites (tertiary alicyclic amines) is 1. The Hall–Kier alpha value is -2.24. The van der Waals surface area contributed by atoms with Gasteiger partial charge < -0.3 is 14.9 Å². The van der Waals surface area contributed by atoms with E-state index in [-0.39, 0.29) is 5.91 Å². The summed E-state index contributed by atoms with van der Waals surface area (Å²) in [4.78, 5) is 17.0. The summed E-state index contributed by atoms with van der Waals surface area (Å²) in [6.45, 7) is 5.64. The van der Waals surface area contributed by atoms with Gasteiger partial charge >= 0.3 is 0 Å². The standard InChI is InChI=1S/C24H29FN2O2/c1-17-9-12-26(13-10-17)16-23(28)19-7-8-22-18(14-19)5-3-11-27(22)24(29)20-4-2-6-21(25)15-20/h2,4,6-8,14-15,17,23,28H,3,5,9-13,16H2,1H3/t23-/m1/s1. The Morgan fingerprint density at radius 2 is 1.97 bits per heavy atom. The Labute approximate surface area is 171 Å². The maximum atomic E-state index is 13.5. The van der Waals surface area contributed by atoms with Gasteiger partial charge in [0.2, 0.25) is 0 Å². The molecular formula is C24H29FN2O2. The second-order valence-electron chi connectivity index (χ2n) is 8.46. The minimum absolute atomic E-state index is 0.179. The first-order chi connectivity index (χ1) is 14.0. The molecule has 0 bridgehead atoms. The second kappa shape index (κ2) is 8.64. The van der Waals surface area contributed by atoms with E-state index in [1.165, 1.54) is 25.0 Å². The predicted octanol–water partition coefficient (Wildman–Crippen LogP) is 4.18. The van der Waals surface area contributed by atoms with Crippen molar-refractivity contribution in [3.8, 4) is 0 Å². The first kappa shape index (κ1) is 20.0. The number of hydrogen-bond donors (Lipinski definition) is 1. The summed E-state index contributed by atoms with van der Waals surface area (Å²) < 4.78 is 13.5. The van der Waals surface area contributed by atoms with Gasteiger partial charge in [-0.05, 0) is 80.1 Å². The number of benzene rings is 2. The molecule has 2 aromatic rings. The van der Waals surface area contributed by atoms with Crippen LogP contribution in [-0.2, 0) is 6.42 Å². The van der Waals surface area contributed by atoms with Crippen molar-refractivity contribution in [3.05, 3.63) is 65.0 Å². The van der Waals surface area contributed by atoms with Crippen LogP contribution in [0.3, 0.4) is 0 Å². The molecule has 2 aromatic carbocycles. The average molecular weight is 397 g/mol. The van der Waals surface area contributed by atoms with Gasteiger partial charge in [0.15, 0.2) is 0 Å². The van der Waals surface area contributed by atoms with Crippen LogP contribution < -0.4 is 4.90 Å². The van der Waals surface area contributed by atoms with E-state index < -0.39 is 11.9 Å². The van der Waals surface area contributed by atoms with Crippen molar-refractivity contribution in [2.75, 3.05) is 31.1 Å². The third kappa shape index (κ3) is 4.51. The molecule has 1 atom stereocenters. The number of β-amino-alcohol motifs (C(OH)–C–C–N with tert-alkyl or cyclic N) is 1. The molecular weight excluding hydrogens is 367 g/mol. The fourth-order valence-electron chi connectivity index (χ4n) is 4.41. The van der Waals surface area contributed by atoms with Crippen LogP contribution in [0.5, 0.6) is 0 Å². The number of carbonyl (C=O) groups excluding carboxylic acids is 1. The lowest BCUT2D eigenvalue weighted by atomic mass is 9.95. The zero-order valence-corrected chi connectivity index (χ0v) is 17.0. The third-order valence-electron chi connectivity index (χ3n) is 6.23. The van der Waals surface area contributed by atoms with Gasteiger partial charge in [0.1, 0.15) is 5.82 Å². The van der Waals surface area contributed by atoms with Crippen LogP contribution in [0.4, 0.5) is 10.1 Å². The number of hydrogen-bond acceptors (Lipinski definition) is 3. The molecule has 1 saturated heterocycles. The van der Waals surface area contributed by atoms with Crippen LogP contribution in [0.2, 0.25) is 0 Å². The lowest BCUT2D eigenvalue weighted by Crippen LogP contribution is -2.36. The molecule has 0 unspecified atom stereocenters. The predicted molar refractivity (Wildman–Crippen MR) is 113 cm³/mol. The number of halogens is 1. The van der Waals surface area contributed by atoms with E-state index >= 15 is 0 Å². The molecule has 0 aromatic heterocycles. The highest BCUT2D eigenvalue weighted by atomic mass is 19.1. The van der Waals surface area contributed by atoms with Gasteiger partial charge in [-0.15, -0.1) is 0 Å². The first-order valence-corrected chi connectivity index (χ1v) is 10.6. The summed E-state index contributed by atoms with van der Waals surface area (Å²) in [5, 5.41) is 10.8. The van der Waals surface area contributed by atoms with Gasteiger partial charge in [0.25, 0.3) is 5.91 Å². The third-order valence-corrected chi connectivity index (χ3v) is 6.23. The fourth-order valence-corrected chi connectivity index (χ4v) is 4.41. The molecule has 2 aliphatic heterocycles. The van der Waals surface area contributed by atoms with Crippen molar-refractivity contribution >= 4 is 11.6 Å². The Balaban J connectivity index is 1.50. The molecule has 2 heterocycles. The van der Waals surface area contributed by atoms with Crippen molar-refractivity contribution in [2.24, 2.45) is 5.92 Å². The monoisotopic (exact) mass is 396 g/mol. The summed E-state index contributed by atoms with van der Waals surface area (Å²) in [5.74, 6) is 0.189. The summed E-state index contributed by atoms with van der Waals surface area (Å²) in [5.41, 5.74) is 3.21. The number of fused-ring (bicyclic) bond motifs is 1. The van der Waals surface area contributed by atoms with Crippen LogP contribution in [0.15, 0.2) is 42.5 Å². The summed E-state index contributed by atoms with van der Waals surface area (Å²) in [7, 11) is 0. The molecule has 0 spiro atoms. The van der Waals surface area contributed by atoms with Gasteiger partial charge in [-0.3, -0.25) is 4.79 Å². The van der Waals surface area contributed by atoms with Crippen LogP contribution in [-0.4, -0.2) is 42.1 Å². The Bertz CT molecular complexity index is 877. The zero-order valence-electron chi connectivity index (χ0n) is 17.0. The van der Waals surface area contributed by atoms with Crippen molar-refractivity contribution in [1.82, 2.24) is 4.90 Å². The Kier molecular flexibility index (Phi) is 5.97. The normalized spacial score (nSPS) is 19.1. The van der Waals surface area contributed by atoms with Gasteiger partial charge in [0, 0.05) is 24.3 Å². The minimum Gasteiger partial charge on any atom is -0.387 e. The van der Waals surface area contributed by atoms with Gasteiger partial charge in [-0.1, -0.05) is 25.1 Å². The summed E-state index contributed by atoms with van der Waals surface area (Å²) in [6, 6.07) is 11.7. The largest absolute Gasteiger partial charge is 0.387 e. The van der Waals surface area contributed by atoms with Crippen molar-refractivity contribution in [1.29, 1.82) is 0 Å². The molecule has 4 nitrogen and oxygen atoms in total. The van der Waals surface area contributed by atoms with Crippen molar-refractivity contribution in [2.45, 2.75) is 38.7 Å². The molecule has 0 radical (unpaired) electrons. The molecule has 0 aliphatic carbocycles. The summed E-state index contributed by atoms with van der Waals surface area (Å²) >= 11 is 0. The van der Waals surface area contributed by atoms with E-state index in [0.717, 1.165) is 48.7 Å². The van der Waals surface area contributed by atoms with E-state index in [1.54, 1.807) is 17.0 Å². The first-order valence-electron chi connectivity index (χ1n) is 10.6. The van der Waals surface area contributed by atoms with E-state index in [0.29, 0.717) is 18.7 Å². The molecule has 1 N–H and O–H groups in total. The molecule has 5 heteroatoms. The SMILES string of the molecule is CC1CCN(C[C@@H](O)c2ccc3c(c2)CCCN3C(=O)c2cccc(F)c2)CC1. The minimum atomic E-state index is -0.525. The van der Waals surface area contributed by atoms with Gasteiger partial charge in [-0.25, -0.2) is 4.39 Å². The Morgan fingerprint density at radius 1 is 1.17 bits per heavy atom. The highest BCUT2D eigenvalue weighted by Gasteiger charge is 2.25. The van der Waals surface area contributed by atoms with E-state index in [9.17, 15) is 14.3 Å². The molecule has 154 valence electrons. The van der Waals surface area contributed by atoms with Crippen molar-refractivity contribution in [3.63, 3.8) is 0 Å². The topological polar surface area (TPSA) is 43.8 Å². The highest BCUT2D eigenvalue weighted by molar-refractivity contribution is 6.06. The lowest BCUT2D eigenvalue weighted by molar-refractivity contribution is 0.0915. The van der Waals surface area contributed by atoms with Crippen LogP contribution >= 0.6 is 0 Å². The smallest absolute Gasteiger partial charge is 0.258 e. The van der Waals surface area contributed by atoms with Crippen LogP contribution in [0.25, 0.3) is 0 Å². The number of rotatable bonds is 4. The fraction of sp³-hybridized carbons (Fsp3) is 0.458. The number of aliphatic hydroxyl groups excluding tert-OH is 1. The average Bonchev–Trinajstić information content (AvgIpc) is 2.74. The number of nitrogens with zero attached hydrogens (tertiary/aromatic N) is 2. The van der Waals surface area contributed by atoms with E-state index in [2.05, 4.69) is 11.8 Å². The molecule has 4 rings (SSSR count). The molecule has 2 aliphatic rings. The van der Waals surface area contributed by atoms with Gasteiger partial charge in [0.05, 0.1) is 6.10 Å². The quantitative estimate of drug-likeness (QED) is 0.843. The van der Waals surface area contributed by atoms with Crippen LogP contribution in [0, 0.1) is 11.7 Å². The lowest BCUT2D eigenvalue weighted by Gasteiger charge is -2.33. The van der Waals surface area contributed by atoms with E-state index in [4.69, 9.17) is 0 Å². The Morgan fingerprint density at radius 3 is 2.72 bits per heavy atom. The molecule has 1 fully saturated rings. The van der Waals surface area contributed by atoms with E-state index in [1.807, 2.05) is 18.2 Å². The summed E-state index contributed by atoms with van der Waals surface area (Å²) in [6.07, 6.45) is 3.59. The second-order valence-corrected chi connectivity index (χ2v) is 8.46. The van der Waals surface area contributed by atoms with Crippen molar-refractivity contribution < 1.29 is 14.3 Å². The van der Waals surface area contributed by atoms with Gasteiger partial charge in [-0.2, -0.15) is 0 Å². The molecule has 1 amide bonds. The number of piperidine rings is 1. The maximum absolute atomic E-state index is 13.5. The number of aliphatic hydroxyl groups is 1.